The maximum atomic E-state index is 12.8. The standard InChI is InChI=1S/C17H20BrF2N3O3/c1-10-15(18)16(17(19)20)22-23(10)9-14(24)21-7-6-11-4-5-12(25-2)13(8-11)26-3/h4-5,8,17H,6-7,9H2,1-3H3,(H,21,24). The fourth-order valence-electron chi connectivity index (χ4n) is 2.42. The van der Waals surface area contributed by atoms with E-state index in [-0.39, 0.29) is 22.6 Å². The maximum absolute atomic E-state index is 12.8. The molecule has 1 heterocycles. The number of carbonyl (C=O) groups excluding carboxylic acids is 1. The molecular formula is C17H20BrF2N3O3. The Balaban J connectivity index is 1.91. The van der Waals surface area contributed by atoms with E-state index in [0.29, 0.717) is 30.2 Å². The molecule has 0 fully saturated rings. The van der Waals surface area contributed by atoms with Gasteiger partial charge in [-0.1, -0.05) is 6.07 Å². The van der Waals surface area contributed by atoms with Gasteiger partial charge in [-0.25, -0.2) is 8.78 Å². The molecule has 1 amide bonds. The van der Waals surface area contributed by atoms with Crippen molar-refractivity contribution >= 4 is 21.8 Å². The van der Waals surface area contributed by atoms with Gasteiger partial charge >= 0.3 is 0 Å². The van der Waals surface area contributed by atoms with Gasteiger partial charge in [-0.2, -0.15) is 5.10 Å². The van der Waals surface area contributed by atoms with Crippen molar-refractivity contribution in [3.8, 4) is 11.5 Å². The average Bonchev–Trinajstić information content (AvgIpc) is 2.90. The van der Waals surface area contributed by atoms with E-state index in [1.54, 1.807) is 27.2 Å². The molecule has 0 bridgehead atoms. The Morgan fingerprint density at radius 1 is 1.31 bits per heavy atom. The summed E-state index contributed by atoms with van der Waals surface area (Å²) in [5, 5.41) is 6.54. The number of ether oxygens (including phenoxy) is 2. The fraction of sp³-hybridized carbons (Fsp3) is 0.412. The van der Waals surface area contributed by atoms with Crippen molar-refractivity contribution in [2.45, 2.75) is 26.3 Å². The summed E-state index contributed by atoms with van der Waals surface area (Å²) in [7, 11) is 3.12. The van der Waals surface area contributed by atoms with Crippen LogP contribution in [0.2, 0.25) is 0 Å². The SMILES string of the molecule is COc1ccc(CCNC(=O)Cn2nc(C(F)F)c(Br)c2C)cc1OC. The van der Waals surface area contributed by atoms with E-state index >= 15 is 0 Å². The van der Waals surface area contributed by atoms with Crippen LogP contribution in [-0.2, 0) is 17.8 Å². The molecule has 0 saturated heterocycles. The number of halogens is 3. The highest BCUT2D eigenvalue weighted by atomic mass is 79.9. The van der Waals surface area contributed by atoms with Gasteiger partial charge < -0.3 is 14.8 Å². The first-order valence-electron chi connectivity index (χ1n) is 7.86. The smallest absolute Gasteiger partial charge is 0.283 e. The first-order chi connectivity index (χ1) is 12.4. The molecule has 9 heteroatoms. The van der Waals surface area contributed by atoms with Crippen molar-refractivity contribution in [3.05, 3.63) is 39.6 Å². The van der Waals surface area contributed by atoms with Gasteiger partial charge in [-0.3, -0.25) is 9.48 Å². The molecule has 142 valence electrons. The van der Waals surface area contributed by atoms with E-state index in [2.05, 4.69) is 26.3 Å². The number of nitrogens with zero attached hydrogens (tertiary/aromatic N) is 2. The van der Waals surface area contributed by atoms with Crippen LogP contribution in [-0.4, -0.2) is 36.5 Å². The Labute approximate surface area is 158 Å². The van der Waals surface area contributed by atoms with Crippen LogP contribution >= 0.6 is 15.9 Å². The van der Waals surface area contributed by atoms with Crippen molar-refractivity contribution in [1.82, 2.24) is 15.1 Å². The second kappa shape index (κ2) is 8.98. The van der Waals surface area contributed by atoms with E-state index < -0.39 is 6.43 Å². The number of alkyl halides is 2. The first-order valence-corrected chi connectivity index (χ1v) is 8.65. The van der Waals surface area contributed by atoms with E-state index in [1.165, 1.54) is 4.68 Å². The number of carbonyl (C=O) groups is 1. The monoisotopic (exact) mass is 431 g/mol. The molecule has 0 saturated carbocycles. The summed E-state index contributed by atoms with van der Waals surface area (Å²) < 4.78 is 37.6. The summed E-state index contributed by atoms with van der Waals surface area (Å²) in [6.07, 6.45) is -2.10. The second-order valence-electron chi connectivity index (χ2n) is 5.53. The van der Waals surface area contributed by atoms with Gasteiger partial charge in [0.15, 0.2) is 11.5 Å². The lowest BCUT2D eigenvalue weighted by molar-refractivity contribution is -0.121. The predicted molar refractivity (Wildman–Crippen MR) is 95.9 cm³/mol. The highest BCUT2D eigenvalue weighted by molar-refractivity contribution is 9.10. The Kier molecular flexibility index (Phi) is 6.96. The molecular weight excluding hydrogens is 412 g/mol. The number of rotatable bonds is 8. The molecule has 1 aromatic heterocycles. The van der Waals surface area contributed by atoms with Gasteiger partial charge in [-0.05, 0) is 47.0 Å². The lowest BCUT2D eigenvalue weighted by Crippen LogP contribution is -2.30. The Hall–Kier alpha value is -2.16. The van der Waals surface area contributed by atoms with E-state index in [4.69, 9.17) is 9.47 Å². The lowest BCUT2D eigenvalue weighted by atomic mass is 10.1. The minimum atomic E-state index is -2.70. The Bertz CT molecular complexity index is 781. The molecule has 1 N–H and O–H groups in total. The molecule has 0 unspecified atom stereocenters. The van der Waals surface area contributed by atoms with Gasteiger partial charge in [0.1, 0.15) is 12.2 Å². The van der Waals surface area contributed by atoms with Crippen molar-refractivity contribution in [2.24, 2.45) is 0 Å². The molecule has 6 nitrogen and oxygen atoms in total. The molecule has 26 heavy (non-hydrogen) atoms. The number of methoxy groups -OCH3 is 2. The summed E-state index contributed by atoms with van der Waals surface area (Å²) in [5.74, 6) is 0.951. The normalized spacial score (nSPS) is 10.9. The predicted octanol–water partition coefficient (Wildman–Crippen LogP) is 3.27. The quantitative estimate of drug-likeness (QED) is 0.696. The number of amides is 1. The van der Waals surface area contributed by atoms with E-state index in [9.17, 15) is 13.6 Å². The molecule has 0 aliphatic carbocycles. The van der Waals surface area contributed by atoms with E-state index in [1.807, 2.05) is 12.1 Å². The molecule has 0 aliphatic rings. The number of benzene rings is 1. The van der Waals surface area contributed by atoms with E-state index in [0.717, 1.165) is 5.56 Å². The van der Waals surface area contributed by atoms with Crippen LogP contribution < -0.4 is 14.8 Å². The zero-order valence-electron chi connectivity index (χ0n) is 14.7. The number of hydrogen-bond donors (Lipinski definition) is 1. The van der Waals surface area contributed by atoms with Crippen molar-refractivity contribution in [2.75, 3.05) is 20.8 Å². The maximum Gasteiger partial charge on any atom is 0.283 e. The minimum absolute atomic E-state index is 0.122. The molecule has 2 aromatic rings. The van der Waals surface area contributed by atoms with Crippen LogP contribution in [0.4, 0.5) is 8.78 Å². The molecule has 0 atom stereocenters. The fourth-order valence-corrected chi connectivity index (χ4v) is 2.87. The van der Waals surface area contributed by atoms with Crippen LogP contribution in [0.5, 0.6) is 11.5 Å². The van der Waals surface area contributed by atoms with Crippen LogP contribution in [0, 0.1) is 6.92 Å². The zero-order chi connectivity index (χ0) is 19.3. The summed E-state index contributed by atoms with van der Waals surface area (Å²) >= 11 is 3.08. The van der Waals surface area contributed by atoms with Gasteiger partial charge in [0, 0.05) is 6.54 Å². The van der Waals surface area contributed by atoms with Crippen LogP contribution in [0.15, 0.2) is 22.7 Å². The summed E-state index contributed by atoms with van der Waals surface area (Å²) in [5.41, 5.74) is 1.09. The minimum Gasteiger partial charge on any atom is -0.493 e. The zero-order valence-corrected chi connectivity index (χ0v) is 16.3. The van der Waals surface area contributed by atoms with Gasteiger partial charge in [0.05, 0.1) is 24.4 Å². The van der Waals surface area contributed by atoms with Gasteiger partial charge in [0.25, 0.3) is 6.43 Å². The van der Waals surface area contributed by atoms with Gasteiger partial charge in [0.2, 0.25) is 5.91 Å². The number of aromatic nitrogens is 2. The Morgan fingerprint density at radius 3 is 2.58 bits per heavy atom. The first kappa shape index (κ1) is 20.2. The lowest BCUT2D eigenvalue weighted by Gasteiger charge is -2.10. The Morgan fingerprint density at radius 2 is 2.00 bits per heavy atom. The van der Waals surface area contributed by atoms with Crippen LogP contribution in [0.25, 0.3) is 0 Å². The molecule has 0 aliphatic heterocycles. The topological polar surface area (TPSA) is 65.4 Å². The van der Waals surface area contributed by atoms with Crippen molar-refractivity contribution < 1.29 is 23.0 Å². The summed E-state index contributed by atoms with van der Waals surface area (Å²) in [6.45, 7) is 1.90. The highest BCUT2D eigenvalue weighted by Crippen LogP contribution is 2.29. The highest BCUT2D eigenvalue weighted by Gasteiger charge is 2.21. The van der Waals surface area contributed by atoms with Crippen LogP contribution in [0.1, 0.15) is 23.4 Å². The molecule has 0 spiro atoms. The largest absolute Gasteiger partial charge is 0.493 e. The summed E-state index contributed by atoms with van der Waals surface area (Å²) in [4.78, 5) is 12.0. The number of nitrogens with one attached hydrogen (secondary N) is 1. The molecule has 2 rings (SSSR count). The molecule has 1 aromatic carbocycles. The van der Waals surface area contributed by atoms with Crippen molar-refractivity contribution in [1.29, 1.82) is 0 Å². The number of hydrogen-bond acceptors (Lipinski definition) is 4. The second-order valence-corrected chi connectivity index (χ2v) is 6.33. The van der Waals surface area contributed by atoms with Crippen molar-refractivity contribution in [3.63, 3.8) is 0 Å². The van der Waals surface area contributed by atoms with Crippen LogP contribution in [0.3, 0.4) is 0 Å². The summed E-state index contributed by atoms with van der Waals surface area (Å²) in [6, 6.07) is 5.53. The third-order valence-corrected chi connectivity index (χ3v) is 4.82. The third kappa shape index (κ3) is 4.72. The third-order valence-electron chi connectivity index (χ3n) is 3.84. The van der Waals surface area contributed by atoms with Gasteiger partial charge in [-0.15, -0.1) is 0 Å². The average molecular weight is 432 g/mol. The molecule has 0 radical (unpaired) electrons.